The lowest BCUT2D eigenvalue weighted by Gasteiger charge is -2.13. The first-order chi connectivity index (χ1) is 23.2. The largest absolute Gasteiger partial charge is 0.309 e. The van der Waals surface area contributed by atoms with Crippen molar-refractivity contribution in [2.45, 2.75) is 193 Å². The highest BCUT2D eigenvalue weighted by atomic mass is 15.4. The summed E-state index contributed by atoms with van der Waals surface area (Å²) in [7, 11) is 4.28. The molecule has 0 aliphatic rings. The third kappa shape index (κ3) is 28.8. The molecule has 4 nitrogen and oxygen atoms in total. The molecule has 4 heteroatoms. The molecule has 0 radical (unpaired) electrons. The molecule has 47 heavy (non-hydrogen) atoms. The van der Waals surface area contributed by atoms with E-state index in [0.29, 0.717) is 6.04 Å². The summed E-state index contributed by atoms with van der Waals surface area (Å²) in [6, 6.07) is 0.562. The van der Waals surface area contributed by atoms with Gasteiger partial charge in [-0.3, -0.25) is 0 Å². The highest BCUT2D eigenvalue weighted by Gasteiger charge is 2.19. The van der Waals surface area contributed by atoms with E-state index in [4.69, 9.17) is 0 Å². The number of rotatable bonds is 34. The molecule has 1 heterocycles. The summed E-state index contributed by atoms with van der Waals surface area (Å²) in [5.74, 6) is 0. The van der Waals surface area contributed by atoms with Crippen molar-refractivity contribution in [1.29, 1.82) is 0 Å². The van der Waals surface area contributed by atoms with Gasteiger partial charge in [0.2, 0.25) is 5.69 Å². The number of aromatic amines is 1. The van der Waals surface area contributed by atoms with Crippen molar-refractivity contribution in [3.05, 3.63) is 60.5 Å². The zero-order chi connectivity index (χ0) is 33.9. The second-order valence-electron chi connectivity index (χ2n) is 14.2. The van der Waals surface area contributed by atoms with Gasteiger partial charge in [0.1, 0.15) is 6.04 Å². The molecule has 1 rings (SSSR count). The van der Waals surface area contributed by atoms with E-state index < -0.39 is 0 Å². The molecule has 0 aliphatic carbocycles. The Morgan fingerprint density at radius 2 is 0.979 bits per heavy atom. The van der Waals surface area contributed by atoms with Crippen LogP contribution in [0.15, 0.2) is 54.8 Å². The van der Waals surface area contributed by atoms with Gasteiger partial charge in [0.15, 0.2) is 6.20 Å². The summed E-state index contributed by atoms with van der Waals surface area (Å²) in [4.78, 5) is 2.24. The van der Waals surface area contributed by atoms with E-state index in [2.05, 4.69) is 103 Å². The van der Waals surface area contributed by atoms with Crippen LogP contribution in [-0.4, -0.2) is 35.9 Å². The molecule has 1 N–H and O–H groups in total. The number of aromatic nitrogens is 3. The van der Waals surface area contributed by atoms with Crippen LogP contribution in [0.3, 0.4) is 0 Å². The Labute approximate surface area is 293 Å². The summed E-state index contributed by atoms with van der Waals surface area (Å²) in [5.41, 5.74) is 1.19. The monoisotopic (exact) mass is 652 g/mol. The highest BCUT2D eigenvalue weighted by molar-refractivity contribution is 4.93. The maximum Gasteiger partial charge on any atom is 0.219 e. The molecule has 1 aromatic heterocycles. The van der Waals surface area contributed by atoms with Crippen LogP contribution in [0.4, 0.5) is 0 Å². The van der Waals surface area contributed by atoms with Crippen LogP contribution in [0.25, 0.3) is 0 Å². The predicted molar refractivity (Wildman–Crippen MR) is 208 cm³/mol. The molecule has 0 spiro atoms. The van der Waals surface area contributed by atoms with Crippen LogP contribution >= 0.6 is 0 Å². The summed E-state index contributed by atoms with van der Waals surface area (Å²) >= 11 is 0. The van der Waals surface area contributed by atoms with Crippen molar-refractivity contribution in [2.24, 2.45) is 0 Å². The second-order valence-corrected chi connectivity index (χ2v) is 14.2. The van der Waals surface area contributed by atoms with Gasteiger partial charge in [-0.2, -0.15) is 4.68 Å². The van der Waals surface area contributed by atoms with Crippen molar-refractivity contribution in [2.75, 3.05) is 20.6 Å². The standard InChI is InChI=1S/C43H78N4/c1-5-7-9-11-13-15-17-19-21-23-25-27-29-31-33-35-37-43(47-41-42(44-45-47)39-40-46(3)4)38-36-34-32-30-28-26-24-22-20-18-16-14-12-10-8-6-2/h13-16,19-22,41,43H,5-12,17-18,23-40H2,1-4H3/p+1/b15-13-,16-14-,21-19-,22-20-. The Morgan fingerprint density at radius 3 is 1.40 bits per heavy atom. The number of allylic oxidation sites excluding steroid dienone is 8. The first kappa shape index (κ1) is 43.1. The topological polar surface area (TPSA) is 35.8 Å². The lowest BCUT2D eigenvalue weighted by Crippen LogP contribution is -2.41. The van der Waals surface area contributed by atoms with Gasteiger partial charge in [-0.15, -0.1) is 0 Å². The number of H-pyrrole nitrogens is 1. The molecule has 0 atom stereocenters. The molecule has 1 aromatic rings. The zero-order valence-electron chi connectivity index (χ0n) is 31.9. The fraction of sp³-hybridized carbons (Fsp3) is 0.767. The molecule has 0 unspecified atom stereocenters. The Morgan fingerprint density at radius 1 is 0.574 bits per heavy atom. The van der Waals surface area contributed by atoms with Crippen LogP contribution in [0.1, 0.15) is 193 Å². The van der Waals surface area contributed by atoms with Gasteiger partial charge < -0.3 is 4.90 Å². The van der Waals surface area contributed by atoms with Crippen LogP contribution in [0.2, 0.25) is 0 Å². The third-order valence-corrected chi connectivity index (χ3v) is 9.28. The van der Waals surface area contributed by atoms with Crippen LogP contribution < -0.4 is 4.68 Å². The molecule has 0 amide bonds. The van der Waals surface area contributed by atoms with Crippen molar-refractivity contribution >= 4 is 0 Å². The molecule has 0 bridgehead atoms. The SMILES string of the molecule is CCCCC/C=C\C/C=C\CCCCCCCCC(CCCCCCCC/C=C\C/C=C\CCCCC)[n+]1cc(CCN(C)C)n[nH]1. The maximum atomic E-state index is 4.65. The predicted octanol–water partition coefficient (Wildman–Crippen LogP) is 12.7. The Bertz CT molecular complexity index is 845. The molecule has 0 saturated heterocycles. The minimum Gasteiger partial charge on any atom is -0.309 e. The molecular weight excluding hydrogens is 573 g/mol. The molecule has 270 valence electrons. The van der Waals surface area contributed by atoms with E-state index in [1.165, 1.54) is 160 Å². The average Bonchev–Trinajstić information content (AvgIpc) is 3.55. The minimum absolute atomic E-state index is 0.562. The van der Waals surface area contributed by atoms with Crippen molar-refractivity contribution < 1.29 is 4.68 Å². The molecule has 0 saturated carbocycles. The quantitative estimate of drug-likeness (QED) is 0.0457. The Hall–Kier alpha value is -1.94. The second kappa shape index (κ2) is 33.9. The number of hydrogen-bond donors (Lipinski definition) is 1. The van der Waals surface area contributed by atoms with E-state index in [1.807, 2.05) is 0 Å². The number of nitrogens with zero attached hydrogens (tertiary/aromatic N) is 3. The first-order valence-corrected chi connectivity index (χ1v) is 20.4. The van der Waals surface area contributed by atoms with Gasteiger partial charge >= 0.3 is 0 Å². The number of unbranched alkanes of at least 4 members (excludes halogenated alkanes) is 18. The fourth-order valence-electron chi connectivity index (χ4n) is 6.14. The minimum atomic E-state index is 0.562. The van der Waals surface area contributed by atoms with Gasteiger partial charge in [0.25, 0.3) is 0 Å². The van der Waals surface area contributed by atoms with Crippen molar-refractivity contribution in [3.8, 4) is 0 Å². The van der Waals surface area contributed by atoms with E-state index in [0.717, 1.165) is 25.8 Å². The summed E-state index contributed by atoms with van der Waals surface area (Å²) in [5, 5.41) is 8.02. The molecule has 0 aromatic carbocycles. The van der Waals surface area contributed by atoms with E-state index in [1.54, 1.807) is 0 Å². The summed E-state index contributed by atoms with van der Waals surface area (Å²) in [6.07, 6.45) is 56.3. The van der Waals surface area contributed by atoms with Crippen LogP contribution in [0, 0.1) is 0 Å². The number of hydrogen-bond acceptors (Lipinski definition) is 2. The molecule has 0 fully saturated rings. The first-order valence-electron chi connectivity index (χ1n) is 20.4. The van der Waals surface area contributed by atoms with Crippen molar-refractivity contribution in [1.82, 2.24) is 15.2 Å². The number of nitrogens with one attached hydrogen (secondary N) is 1. The lowest BCUT2D eigenvalue weighted by molar-refractivity contribution is -0.778. The highest BCUT2D eigenvalue weighted by Crippen LogP contribution is 2.20. The fourth-order valence-corrected chi connectivity index (χ4v) is 6.14. The summed E-state index contributed by atoms with van der Waals surface area (Å²) < 4.78 is 2.34. The van der Waals surface area contributed by atoms with Gasteiger partial charge in [0.05, 0.1) is 0 Å². The number of likely N-dealkylation sites (N-methyl/N-ethyl adjacent to an activating group) is 1. The van der Waals surface area contributed by atoms with Gasteiger partial charge in [-0.1, -0.05) is 145 Å². The Balaban J connectivity index is 2.21. The van der Waals surface area contributed by atoms with Crippen molar-refractivity contribution in [3.63, 3.8) is 0 Å². The summed E-state index contributed by atoms with van der Waals surface area (Å²) in [6.45, 7) is 5.59. The maximum absolute atomic E-state index is 4.65. The van der Waals surface area contributed by atoms with E-state index >= 15 is 0 Å². The van der Waals surface area contributed by atoms with E-state index in [-0.39, 0.29) is 0 Å². The van der Waals surface area contributed by atoms with Crippen LogP contribution in [0.5, 0.6) is 0 Å². The average molecular weight is 652 g/mol. The van der Waals surface area contributed by atoms with Gasteiger partial charge in [0, 0.05) is 18.1 Å². The third-order valence-electron chi connectivity index (χ3n) is 9.28. The van der Waals surface area contributed by atoms with E-state index in [9.17, 15) is 0 Å². The zero-order valence-corrected chi connectivity index (χ0v) is 31.9. The van der Waals surface area contributed by atoms with Gasteiger partial charge in [-0.05, 0) is 104 Å². The molecule has 0 aliphatic heterocycles. The van der Waals surface area contributed by atoms with Gasteiger partial charge in [-0.25, -0.2) is 0 Å². The lowest BCUT2D eigenvalue weighted by atomic mass is 10.00. The normalized spacial score (nSPS) is 12.6. The smallest absolute Gasteiger partial charge is 0.219 e. The Kier molecular flexibility index (Phi) is 31.1. The van der Waals surface area contributed by atoms with Crippen LogP contribution in [-0.2, 0) is 6.42 Å². The molecular formula is C43H79N4+.